The van der Waals surface area contributed by atoms with Gasteiger partial charge in [-0.1, -0.05) is 17.8 Å². The van der Waals surface area contributed by atoms with Crippen molar-refractivity contribution in [1.82, 2.24) is 15.3 Å². The number of hydrogen-bond donors (Lipinski definition) is 5. The summed E-state index contributed by atoms with van der Waals surface area (Å²) in [6, 6.07) is 7.06. The highest BCUT2D eigenvalue weighted by molar-refractivity contribution is 9.10. The van der Waals surface area contributed by atoms with E-state index in [1.165, 1.54) is 25.6 Å². The van der Waals surface area contributed by atoms with Gasteiger partial charge in [0.05, 0.1) is 4.47 Å². The number of nitrogens with zero attached hydrogens (tertiary/aromatic N) is 2. The zero-order chi connectivity index (χ0) is 26.3. The Balaban J connectivity index is 1.53. The molecule has 1 aliphatic rings. The van der Waals surface area contributed by atoms with Crippen molar-refractivity contribution in [1.29, 1.82) is 0 Å². The van der Waals surface area contributed by atoms with Crippen molar-refractivity contribution in [3.8, 4) is 0 Å². The van der Waals surface area contributed by atoms with E-state index < -0.39 is 23.1 Å². The monoisotopic (exact) mass is 577 g/mol. The molecule has 1 unspecified atom stereocenters. The maximum Gasteiger partial charge on any atom is 0.235 e. The Morgan fingerprint density at radius 1 is 1.22 bits per heavy atom. The summed E-state index contributed by atoms with van der Waals surface area (Å²) in [7, 11) is 0. The third-order valence-electron chi connectivity index (χ3n) is 5.50. The average Bonchev–Trinajstić information content (AvgIpc) is 3.26. The molecular weight excluding hydrogens is 550 g/mol. The molecule has 0 spiro atoms. The minimum atomic E-state index is -1.27. The highest BCUT2D eigenvalue weighted by atomic mass is 79.9. The van der Waals surface area contributed by atoms with Gasteiger partial charge in [0.2, 0.25) is 28.8 Å². The molecule has 1 saturated heterocycles. The molecule has 36 heavy (non-hydrogen) atoms. The Kier molecular flexibility index (Phi) is 9.26. The normalized spacial score (nSPS) is 15.3. The molecule has 0 radical (unpaired) electrons. The van der Waals surface area contributed by atoms with E-state index in [2.05, 4.69) is 47.2 Å². The lowest BCUT2D eigenvalue weighted by molar-refractivity contribution is -0.139. The Morgan fingerprint density at radius 3 is 2.67 bits per heavy atom. The highest BCUT2D eigenvalue weighted by Gasteiger charge is 2.33. The first-order valence-corrected chi connectivity index (χ1v) is 13.0. The number of hydrogen-bond acceptors (Lipinski definition) is 9. The summed E-state index contributed by atoms with van der Waals surface area (Å²) in [6.45, 7) is 3.83. The zero-order valence-electron chi connectivity index (χ0n) is 19.9. The molecule has 2 heterocycles. The van der Waals surface area contributed by atoms with Gasteiger partial charge in [-0.15, -0.1) is 0 Å². The number of primary amides is 1. The quantitative estimate of drug-likeness (QED) is 0.199. The zero-order valence-corrected chi connectivity index (χ0v) is 22.3. The van der Waals surface area contributed by atoms with Crippen LogP contribution < -0.4 is 27.0 Å². The van der Waals surface area contributed by atoms with E-state index in [1.807, 2.05) is 0 Å². The first-order chi connectivity index (χ1) is 17.1. The number of nitrogens with one attached hydrogen (secondary N) is 4. The lowest BCUT2D eigenvalue weighted by Crippen LogP contribution is -2.46. The van der Waals surface area contributed by atoms with Crippen molar-refractivity contribution in [3.05, 3.63) is 34.9 Å². The van der Waals surface area contributed by atoms with Gasteiger partial charge in [-0.3, -0.25) is 19.2 Å². The number of carbonyl (C=O) groups excluding carboxylic acids is 4. The van der Waals surface area contributed by atoms with E-state index in [-0.39, 0.29) is 11.0 Å². The minimum Gasteiger partial charge on any atom is -0.369 e. The van der Waals surface area contributed by atoms with Gasteiger partial charge in [0, 0.05) is 36.4 Å². The smallest absolute Gasteiger partial charge is 0.235 e. The second kappa shape index (κ2) is 12.2. The van der Waals surface area contributed by atoms with Gasteiger partial charge in [0.25, 0.3) is 0 Å². The third-order valence-corrected chi connectivity index (χ3v) is 7.09. The van der Waals surface area contributed by atoms with Gasteiger partial charge in [0.1, 0.15) is 17.2 Å². The summed E-state index contributed by atoms with van der Waals surface area (Å²) in [5.74, 6) is -0.462. The van der Waals surface area contributed by atoms with Crippen molar-refractivity contribution in [2.45, 2.75) is 26.7 Å². The maximum atomic E-state index is 12.4. The molecule has 3 rings (SSSR count). The summed E-state index contributed by atoms with van der Waals surface area (Å²) >= 11 is 4.60. The molecule has 192 valence electrons. The van der Waals surface area contributed by atoms with Crippen LogP contribution in [0.5, 0.6) is 0 Å². The molecule has 11 nitrogen and oxygen atoms in total. The van der Waals surface area contributed by atoms with Crippen LogP contribution >= 0.6 is 27.7 Å². The molecule has 2 aromatic rings. The topological polar surface area (TPSA) is 168 Å². The molecule has 6 N–H and O–H groups in total. The van der Waals surface area contributed by atoms with Crippen LogP contribution in [0.25, 0.3) is 0 Å². The molecule has 0 bridgehead atoms. The van der Waals surface area contributed by atoms with Crippen LogP contribution in [0.4, 0.5) is 23.1 Å². The van der Waals surface area contributed by atoms with Crippen molar-refractivity contribution in [2.75, 3.05) is 34.8 Å². The number of halogens is 1. The lowest BCUT2D eigenvalue weighted by Gasteiger charge is -2.19. The molecule has 1 atom stereocenters. The fourth-order valence-corrected chi connectivity index (χ4v) is 4.46. The van der Waals surface area contributed by atoms with Crippen LogP contribution in [0.3, 0.4) is 0 Å². The number of anilines is 4. The molecule has 13 heteroatoms. The predicted octanol–water partition coefficient (Wildman–Crippen LogP) is 2.63. The van der Waals surface area contributed by atoms with Crippen LogP contribution in [-0.4, -0.2) is 51.6 Å². The van der Waals surface area contributed by atoms with Crippen molar-refractivity contribution >= 4 is 73.7 Å². The second-order valence-corrected chi connectivity index (χ2v) is 10.6. The molecule has 3 amide bonds. The molecule has 1 aromatic heterocycles. The minimum absolute atomic E-state index is 0.0954. The van der Waals surface area contributed by atoms with Crippen molar-refractivity contribution < 1.29 is 19.2 Å². The van der Waals surface area contributed by atoms with Crippen molar-refractivity contribution in [3.63, 3.8) is 0 Å². The molecule has 0 aliphatic carbocycles. The fourth-order valence-electron chi connectivity index (χ4n) is 3.15. The molecule has 0 saturated carbocycles. The van der Waals surface area contributed by atoms with Gasteiger partial charge in [-0.25, -0.2) is 4.98 Å². The largest absolute Gasteiger partial charge is 0.369 e. The summed E-state index contributed by atoms with van der Waals surface area (Å²) < 4.78 is 0.659. The number of carbonyl (C=O) groups is 4. The van der Waals surface area contributed by atoms with Crippen LogP contribution in [0.15, 0.2) is 34.9 Å². The average molecular weight is 578 g/mol. The van der Waals surface area contributed by atoms with E-state index in [0.29, 0.717) is 59.3 Å². The van der Waals surface area contributed by atoms with Crippen LogP contribution in [0, 0.1) is 11.3 Å². The second-order valence-electron chi connectivity index (χ2n) is 8.62. The van der Waals surface area contributed by atoms with Gasteiger partial charge in [-0.05, 0) is 60.8 Å². The van der Waals surface area contributed by atoms with Crippen LogP contribution in [0.2, 0.25) is 0 Å². The summed E-state index contributed by atoms with van der Waals surface area (Å²) in [5, 5.41) is 11.7. The standard InChI is InChI=1S/C23H28BrN7O4S/c1-23(2,20(25)34)21(35)27-9-4-8-26-17-16(24)12-28-22(31-17)30-14-6-3-5-13(11-14)29-18(32)15-7-10-36-19(15)33/h3,5-6,11-12,15H,4,7-10H2,1-2H3,(H2,25,34)(H,27,35)(H,29,32)(H2,26,28,30,31). The number of amides is 3. The fraction of sp³-hybridized carbons (Fsp3) is 0.391. The van der Waals surface area contributed by atoms with E-state index in [4.69, 9.17) is 5.73 Å². The van der Waals surface area contributed by atoms with E-state index >= 15 is 0 Å². The highest BCUT2D eigenvalue weighted by Crippen LogP contribution is 2.28. The van der Waals surface area contributed by atoms with Gasteiger partial charge >= 0.3 is 0 Å². The van der Waals surface area contributed by atoms with Crippen LogP contribution in [-0.2, 0) is 19.2 Å². The maximum absolute atomic E-state index is 12.4. The lowest BCUT2D eigenvalue weighted by atomic mass is 9.91. The Hall–Kier alpha value is -3.19. The van der Waals surface area contributed by atoms with Crippen LogP contribution in [0.1, 0.15) is 26.7 Å². The van der Waals surface area contributed by atoms with E-state index in [0.717, 1.165) is 0 Å². The third kappa shape index (κ3) is 7.17. The van der Waals surface area contributed by atoms with E-state index in [9.17, 15) is 19.2 Å². The van der Waals surface area contributed by atoms with Gasteiger partial charge < -0.3 is 27.0 Å². The number of thioether (sulfide) groups is 1. The number of aromatic nitrogens is 2. The van der Waals surface area contributed by atoms with Gasteiger partial charge in [0.15, 0.2) is 0 Å². The first-order valence-electron chi connectivity index (χ1n) is 11.3. The molecule has 1 aromatic carbocycles. The van der Waals surface area contributed by atoms with Gasteiger partial charge in [-0.2, -0.15) is 4.98 Å². The Bertz CT molecular complexity index is 1160. The summed E-state index contributed by atoms with van der Waals surface area (Å²) in [4.78, 5) is 56.4. The molecule has 1 aliphatic heterocycles. The first kappa shape index (κ1) is 27.4. The number of benzene rings is 1. The summed E-state index contributed by atoms with van der Waals surface area (Å²) in [5.41, 5.74) is 5.21. The SMILES string of the molecule is CC(C)(C(N)=O)C(=O)NCCCNc1nc(Nc2cccc(NC(=O)C3CCSC3=O)c2)ncc1Br. The Morgan fingerprint density at radius 2 is 1.97 bits per heavy atom. The molecular formula is C23H28BrN7O4S. The summed E-state index contributed by atoms with van der Waals surface area (Å²) in [6.07, 6.45) is 2.74. The molecule has 1 fully saturated rings. The number of rotatable bonds is 11. The predicted molar refractivity (Wildman–Crippen MR) is 143 cm³/mol. The Labute approximate surface area is 221 Å². The van der Waals surface area contributed by atoms with E-state index in [1.54, 1.807) is 30.5 Å². The number of nitrogens with two attached hydrogens (primary N) is 1. The van der Waals surface area contributed by atoms with Crippen molar-refractivity contribution in [2.24, 2.45) is 17.1 Å².